The molecule has 1 aliphatic carbocycles. The summed E-state index contributed by atoms with van der Waals surface area (Å²) in [6, 6.07) is 10.9. The second kappa shape index (κ2) is 11.6. The number of carbonyl (C=O) groups is 2. The zero-order valence-electron chi connectivity index (χ0n) is 21.4. The third kappa shape index (κ3) is 5.41. The van der Waals surface area contributed by atoms with Crippen molar-refractivity contribution in [1.82, 2.24) is 20.6 Å². The number of rotatable bonds is 10. The van der Waals surface area contributed by atoms with Crippen molar-refractivity contribution in [3.05, 3.63) is 54.4 Å². The molecule has 0 radical (unpaired) electrons. The molecule has 0 spiro atoms. The molecule has 1 amide bonds. The number of pyridine rings is 1. The highest BCUT2D eigenvalue weighted by atomic mass is 16.2. The van der Waals surface area contributed by atoms with E-state index < -0.39 is 12.1 Å². The average molecular weight is 488 g/mol. The SMILES string of the molecule is CCC(C(=N)C(=O)C(NC(=O)C(C)NC)C1CCCCC1)c1ccnc(-c2c[nH]c3ccccc23)c1. The van der Waals surface area contributed by atoms with Crippen LogP contribution >= 0.6 is 0 Å². The second-order valence-electron chi connectivity index (χ2n) is 9.86. The van der Waals surface area contributed by atoms with E-state index in [1.165, 1.54) is 0 Å². The van der Waals surface area contributed by atoms with Crippen molar-refractivity contribution in [3.8, 4) is 11.3 Å². The molecule has 1 aliphatic rings. The van der Waals surface area contributed by atoms with Crippen LogP contribution in [0.1, 0.15) is 63.9 Å². The number of para-hydroxylation sites is 1. The Balaban J connectivity index is 1.61. The van der Waals surface area contributed by atoms with Crippen LogP contribution in [0.4, 0.5) is 0 Å². The first-order valence-corrected chi connectivity index (χ1v) is 13.1. The molecule has 0 aliphatic heterocycles. The number of aromatic nitrogens is 2. The monoisotopic (exact) mass is 487 g/mol. The van der Waals surface area contributed by atoms with Gasteiger partial charge in [-0.3, -0.25) is 14.6 Å². The summed E-state index contributed by atoms with van der Waals surface area (Å²) < 4.78 is 0. The Bertz CT molecular complexity index is 1230. The molecule has 1 fully saturated rings. The highest BCUT2D eigenvalue weighted by Gasteiger charge is 2.36. The van der Waals surface area contributed by atoms with Gasteiger partial charge in [-0.1, -0.05) is 44.4 Å². The first-order chi connectivity index (χ1) is 17.4. The highest BCUT2D eigenvalue weighted by Crippen LogP contribution is 2.32. The van der Waals surface area contributed by atoms with Crippen LogP contribution in [-0.2, 0) is 9.59 Å². The third-order valence-electron chi connectivity index (χ3n) is 7.60. The Kier molecular flexibility index (Phi) is 8.31. The predicted octanol–water partition coefficient (Wildman–Crippen LogP) is 4.99. The lowest BCUT2D eigenvalue weighted by Gasteiger charge is -2.32. The van der Waals surface area contributed by atoms with Gasteiger partial charge in [0.15, 0.2) is 5.78 Å². The molecule has 0 saturated heterocycles. The summed E-state index contributed by atoms with van der Waals surface area (Å²) in [5.74, 6) is -0.769. The van der Waals surface area contributed by atoms with E-state index in [-0.39, 0.29) is 29.2 Å². The van der Waals surface area contributed by atoms with Crippen LogP contribution in [0.25, 0.3) is 22.2 Å². The number of ketones is 1. The van der Waals surface area contributed by atoms with Gasteiger partial charge in [0.2, 0.25) is 5.91 Å². The summed E-state index contributed by atoms with van der Waals surface area (Å²) in [6.45, 7) is 3.77. The summed E-state index contributed by atoms with van der Waals surface area (Å²) in [5.41, 5.74) is 3.79. The molecule has 3 aromatic rings. The molecular formula is C29H37N5O2. The average Bonchev–Trinajstić information content (AvgIpc) is 3.36. The summed E-state index contributed by atoms with van der Waals surface area (Å²) in [6.07, 6.45) is 9.36. The minimum Gasteiger partial charge on any atom is -0.360 e. The Morgan fingerprint density at radius 2 is 1.92 bits per heavy atom. The molecule has 1 saturated carbocycles. The largest absolute Gasteiger partial charge is 0.360 e. The zero-order chi connectivity index (χ0) is 25.7. The normalized spacial score (nSPS) is 16.9. The van der Waals surface area contributed by atoms with Crippen molar-refractivity contribution in [2.24, 2.45) is 5.92 Å². The van der Waals surface area contributed by atoms with Crippen LogP contribution in [0, 0.1) is 11.3 Å². The molecule has 1 aromatic carbocycles. The smallest absolute Gasteiger partial charge is 0.237 e. The van der Waals surface area contributed by atoms with Crippen molar-refractivity contribution in [3.63, 3.8) is 0 Å². The van der Waals surface area contributed by atoms with E-state index in [9.17, 15) is 9.59 Å². The van der Waals surface area contributed by atoms with Gasteiger partial charge in [0.25, 0.3) is 0 Å². The molecular weight excluding hydrogens is 450 g/mol. The van der Waals surface area contributed by atoms with Gasteiger partial charge in [-0.2, -0.15) is 0 Å². The number of nitrogens with zero attached hydrogens (tertiary/aromatic N) is 1. The molecule has 3 unspecified atom stereocenters. The maximum Gasteiger partial charge on any atom is 0.237 e. The van der Waals surface area contributed by atoms with E-state index in [1.54, 1.807) is 20.2 Å². The van der Waals surface area contributed by atoms with Gasteiger partial charge < -0.3 is 21.0 Å². The highest BCUT2D eigenvalue weighted by molar-refractivity contribution is 6.42. The number of likely N-dealkylation sites (N-methyl/N-ethyl adjacent to an activating group) is 1. The van der Waals surface area contributed by atoms with Gasteiger partial charge in [-0.15, -0.1) is 0 Å². The number of aromatic amines is 1. The Morgan fingerprint density at radius 1 is 1.17 bits per heavy atom. The topological polar surface area (TPSA) is 111 Å². The molecule has 4 N–H and O–H groups in total. The number of Topliss-reactive ketones (excluding diaryl/α,β-unsaturated/α-hetero) is 1. The lowest BCUT2D eigenvalue weighted by molar-refractivity contribution is -0.127. The maximum absolute atomic E-state index is 13.8. The number of hydrogen-bond acceptors (Lipinski definition) is 5. The second-order valence-corrected chi connectivity index (χ2v) is 9.86. The molecule has 7 nitrogen and oxygen atoms in total. The molecule has 190 valence electrons. The van der Waals surface area contributed by atoms with Gasteiger partial charge in [0.05, 0.1) is 23.5 Å². The fraction of sp³-hybridized carbons (Fsp3) is 0.448. The van der Waals surface area contributed by atoms with Crippen molar-refractivity contribution >= 4 is 28.3 Å². The summed E-state index contributed by atoms with van der Waals surface area (Å²) >= 11 is 0. The predicted molar refractivity (Wildman–Crippen MR) is 144 cm³/mol. The minimum absolute atomic E-state index is 0.0570. The van der Waals surface area contributed by atoms with Gasteiger partial charge in [0, 0.05) is 34.8 Å². The van der Waals surface area contributed by atoms with E-state index >= 15 is 0 Å². The summed E-state index contributed by atoms with van der Waals surface area (Å²) in [5, 5.41) is 16.0. The number of hydrogen-bond donors (Lipinski definition) is 4. The van der Waals surface area contributed by atoms with Crippen LogP contribution in [0.5, 0.6) is 0 Å². The zero-order valence-corrected chi connectivity index (χ0v) is 21.4. The summed E-state index contributed by atoms with van der Waals surface area (Å²) in [4.78, 5) is 34.4. The fourth-order valence-corrected chi connectivity index (χ4v) is 5.31. The molecule has 4 rings (SSSR count). The molecule has 0 bridgehead atoms. The van der Waals surface area contributed by atoms with Crippen molar-refractivity contribution in [2.45, 2.75) is 70.4 Å². The van der Waals surface area contributed by atoms with E-state index in [4.69, 9.17) is 5.41 Å². The van der Waals surface area contributed by atoms with E-state index in [0.29, 0.717) is 6.42 Å². The van der Waals surface area contributed by atoms with Crippen LogP contribution < -0.4 is 10.6 Å². The minimum atomic E-state index is -0.662. The van der Waals surface area contributed by atoms with Gasteiger partial charge in [-0.05, 0) is 62.9 Å². The molecule has 2 heterocycles. The van der Waals surface area contributed by atoms with Crippen LogP contribution in [0.15, 0.2) is 48.8 Å². The number of nitrogens with one attached hydrogen (secondary N) is 4. The van der Waals surface area contributed by atoms with Gasteiger partial charge >= 0.3 is 0 Å². The lowest BCUT2D eigenvalue weighted by Crippen LogP contribution is -2.53. The number of benzene rings is 1. The van der Waals surface area contributed by atoms with Crippen LogP contribution in [0.2, 0.25) is 0 Å². The summed E-state index contributed by atoms with van der Waals surface area (Å²) in [7, 11) is 1.73. The van der Waals surface area contributed by atoms with Crippen molar-refractivity contribution < 1.29 is 9.59 Å². The molecule has 3 atom stereocenters. The first-order valence-electron chi connectivity index (χ1n) is 13.1. The van der Waals surface area contributed by atoms with E-state index in [1.807, 2.05) is 43.5 Å². The fourth-order valence-electron chi connectivity index (χ4n) is 5.31. The van der Waals surface area contributed by atoms with E-state index in [2.05, 4.69) is 26.7 Å². The van der Waals surface area contributed by atoms with E-state index in [0.717, 1.165) is 59.8 Å². The Labute approximate surface area is 213 Å². The third-order valence-corrected chi connectivity index (χ3v) is 7.60. The van der Waals surface area contributed by atoms with Crippen LogP contribution in [0.3, 0.4) is 0 Å². The van der Waals surface area contributed by atoms with Crippen LogP contribution in [-0.4, -0.2) is 46.5 Å². The van der Waals surface area contributed by atoms with Gasteiger partial charge in [0.1, 0.15) is 0 Å². The molecule has 36 heavy (non-hydrogen) atoms. The molecule has 2 aromatic heterocycles. The maximum atomic E-state index is 13.8. The van der Waals surface area contributed by atoms with Crippen molar-refractivity contribution in [1.29, 1.82) is 5.41 Å². The van der Waals surface area contributed by atoms with Crippen molar-refractivity contribution in [2.75, 3.05) is 7.05 Å². The lowest BCUT2D eigenvalue weighted by atomic mass is 9.78. The number of H-pyrrole nitrogens is 1. The number of fused-ring (bicyclic) bond motifs is 1. The Hall–Kier alpha value is -3.32. The molecule has 7 heteroatoms. The van der Waals surface area contributed by atoms with Gasteiger partial charge in [-0.25, -0.2) is 0 Å². The number of amides is 1. The standard InChI is InChI=1S/C29H37N5O2/c1-4-21(20-14-15-32-25(16-20)23-17-33-24-13-9-8-12-22(23)24)26(30)28(35)27(19-10-6-5-7-11-19)34-29(36)18(2)31-3/h8-9,12-19,21,27,30-31,33H,4-7,10-11H2,1-3H3,(H,34,36). The number of carbonyl (C=O) groups excluding carboxylic acids is 2. The first kappa shape index (κ1) is 25.8. The Morgan fingerprint density at radius 3 is 2.64 bits per heavy atom. The quantitative estimate of drug-likeness (QED) is 0.302.